The number of benzene rings is 1. The van der Waals surface area contributed by atoms with Gasteiger partial charge in [0.1, 0.15) is 0 Å². The van der Waals surface area contributed by atoms with Crippen molar-refractivity contribution in [2.24, 2.45) is 0 Å². The molecule has 1 aromatic heterocycles. The van der Waals surface area contributed by atoms with Gasteiger partial charge >= 0.3 is 0 Å². The van der Waals surface area contributed by atoms with E-state index in [9.17, 15) is 4.79 Å². The van der Waals surface area contributed by atoms with Crippen LogP contribution in [-0.2, 0) is 0 Å². The minimum absolute atomic E-state index is 0.141. The van der Waals surface area contributed by atoms with E-state index in [-0.39, 0.29) is 5.78 Å². The standard InChI is InChI=1S/C13H12N2O2/c1-17-12-7-6-9(8-15-12)13(16)10-4-2-3-5-11(10)14/h2-8H,14H2,1H3. The third-order valence-corrected chi connectivity index (χ3v) is 2.41. The molecule has 4 nitrogen and oxygen atoms in total. The Morgan fingerprint density at radius 2 is 2.00 bits per heavy atom. The van der Waals surface area contributed by atoms with Crippen molar-refractivity contribution >= 4 is 11.5 Å². The Bertz CT molecular complexity index is 535. The third-order valence-electron chi connectivity index (χ3n) is 2.41. The number of hydrogen-bond acceptors (Lipinski definition) is 4. The number of nitrogens with two attached hydrogens (primary N) is 1. The maximum atomic E-state index is 12.1. The second-order valence-electron chi connectivity index (χ2n) is 3.51. The fourth-order valence-corrected chi connectivity index (χ4v) is 1.49. The molecule has 2 N–H and O–H groups in total. The van der Waals surface area contributed by atoms with E-state index >= 15 is 0 Å². The molecule has 0 atom stereocenters. The molecule has 86 valence electrons. The summed E-state index contributed by atoms with van der Waals surface area (Å²) in [6.45, 7) is 0. The zero-order valence-corrected chi connectivity index (χ0v) is 9.38. The zero-order chi connectivity index (χ0) is 12.3. The molecule has 0 saturated carbocycles. The summed E-state index contributed by atoms with van der Waals surface area (Å²) < 4.78 is 4.93. The van der Waals surface area contributed by atoms with Gasteiger partial charge in [0.2, 0.25) is 5.88 Å². The summed E-state index contributed by atoms with van der Waals surface area (Å²) in [6.07, 6.45) is 1.48. The van der Waals surface area contributed by atoms with Gasteiger partial charge in [-0.3, -0.25) is 4.79 Å². The number of aromatic nitrogens is 1. The number of anilines is 1. The number of hydrogen-bond donors (Lipinski definition) is 1. The van der Waals surface area contributed by atoms with E-state index in [4.69, 9.17) is 10.5 Å². The highest BCUT2D eigenvalue weighted by atomic mass is 16.5. The predicted octanol–water partition coefficient (Wildman–Crippen LogP) is 1.90. The van der Waals surface area contributed by atoms with Crippen LogP contribution in [0.5, 0.6) is 5.88 Å². The van der Waals surface area contributed by atoms with Crippen LogP contribution in [0.2, 0.25) is 0 Å². The number of carbonyl (C=O) groups excluding carboxylic acids is 1. The quantitative estimate of drug-likeness (QED) is 0.643. The lowest BCUT2D eigenvalue weighted by Gasteiger charge is -2.04. The largest absolute Gasteiger partial charge is 0.481 e. The molecule has 0 radical (unpaired) electrons. The molecule has 1 aromatic carbocycles. The highest BCUT2D eigenvalue weighted by Crippen LogP contribution is 2.16. The fraction of sp³-hybridized carbons (Fsp3) is 0.0769. The smallest absolute Gasteiger partial charge is 0.212 e. The van der Waals surface area contributed by atoms with Crippen molar-refractivity contribution in [2.75, 3.05) is 12.8 Å². The SMILES string of the molecule is COc1ccc(C(=O)c2ccccc2N)cn1. The number of carbonyl (C=O) groups is 1. The maximum absolute atomic E-state index is 12.1. The fourth-order valence-electron chi connectivity index (χ4n) is 1.49. The van der Waals surface area contributed by atoms with E-state index in [1.807, 2.05) is 0 Å². The van der Waals surface area contributed by atoms with Crippen LogP contribution in [0.4, 0.5) is 5.69 Å². The van der Waals surface area contributed by atoms with Gasteiger partial charge in [-0.2, -0.15) is 0 Å². The van der Waals surface area contributed by atoms with Gasteiger partial charge in [0.25, 0.3) is 0 Å². The van der Waals surface area contributed by atoms with Gasteiger partial charge in [0.15, 0.2) is 5.78 Å². The van der Waals surface area contributed by atoms with Gasteiger partial charge in [0, 0.05) is 29.1 Å². The van der Waals surface area contributed by atoms with Gasteiger partial charge < -0.3 is 10.5 Å². The molecular weight excluding hydrogens is 216 g/mol. The van der Waals surface area contributed by atoms with E-state index in [1.54, 1.807) is 36.4 Å². The van der Waals surface area contributed by atoms with Crippen LogP contribution in [0.15, 0.2) is 42.6 Å². The number of methoxy groups -OCH3 is 1. The Hall–Kier alpha value is -2.36. The number of para-hydroxylation sites is 1. The van der Waals surface area contributed by atoms with Crippen LogP contribution in [0.25, 0.3) is 0 Å². The average molecular weight is 228 g/mol. The molecule has 0 amide bonds. The molecule has 0 saturated heterocycles. The highest BCUT2D eigenvalue weighted by molar-refractivity contribution is 6.11. The minimum Gasteiger partial charge on any atom is -0.481 e. The summed E-state index contributed by atoms with van der Waals surface area (Å²) in [4.78, 5) is 16.1. The molecule has 17 heavy (non-hydrogen) atoms. The molecule has 2 aromatic rings. The normalized spacial score (nSPS) is 9.94. The molecule has 0 spiro atoms. The predicted molar refractivity (Wildman–Crippen MR) is 65.1 cm³/mol. The second kappa shape index (κ2) is 4.65. The van der Waals surface area contributed by atoms with Gasteiger partial charge in [0.05, 0.1) is 7.11 Å². The van der Waals surface area contributed by atoms with Crippen molar-refractivity contribution in [3.8, 4) is 5.88 Å². The van der Waals surface area contributed by atoms with E-state index < -0.39 is 0 Å². The lowest BCUT2D eigenvalue weighted by atomic mass is 10.0. The Morgan fingerprint density at radius 1 is 1.24 bits per heavy atom. The Kier molecular flexibility index (Phi) is 3.05. The Labute approximate surface area is 99.1 Å². The first-order chi connectivity index (χ1) is 8.22. The first-order valence-electron chi connectivity index (χ1n) is 5.11. The number of ketones is 1. The molecule has 0 aliphatic rings. The van der Waals surface area contributed by atoms with Crippen LogP contribution in [0.3, 0.4) is 0 Å². The van der Waals surface area contributed by atoms with Crippen LogP contribution in [-0.4, -0.2) is 17.9 Å². The summed E-state index contributed by atoms with van der Waals surface area (Å²) >= 11 is 0. The van der Waals surface area contributed by atoms with E-state index in [0.717, 1.165) is 0 Å². The van der Waals surface area contributed by atoms with Gasteiger partial charge in [-0.05, 0) is 18.2 Å². The van der Waals surface area contributed by atoms with Gasteiger partial charge in [-0.25, -0.2) is 4.98 Å². The number of pyridine rings is 1. The average Bonchev–Trinajstić information content (AvgIpc) is 2.39. The van der Waals surface area contributed by atoms with Crippen LogP contribution >= 0.6 is 0 Å². The summed E-state index contributed by atoms with van der Waals surface area (Å²) in [5.41, 5.74) is 7.19. The van der Waals surface area contributed by atoms with Crippen molar-refractivity contribution < 1.29 is 9.53 Å². The van der Waals surface area contributed by atoms with Crippen LogP contribution in [0.1, 0.15) is 15.9 Å². The van der Waals surface area contributed by atoms with E-state index in [1.165, 1.54) is 13.3 Å². The molecule has 1 heterocycles. The molecule has 0 bridgehead atoms. The topological polar surface area (TPSA) is 65.2 Å². The molecule has 0 aliphatic carbocycles. The van der Waals surface area contributed by atoms with Gasteiger partial charge in [-0.1, -0.05) is 12.1 Å². The Morgan fingerprint density at radius 3 is 2.59 bits per heavy atom. The van der Waals surface area contributed by atoms with Crippen molar-refractivity contribution in [1.29, 1.82) is 0 Å². The molecular formula is C13H12N2O2. The first kappa shape index (κ1) is 11.1. The first-order valence-corrected chi connectivity index (χ1v) is 5.11. The van der Waals surface area contributed by atoms with Crippen molar-refractivity contribution in [3.63, 3.8) is 0 Å². The monoisotopic (exact) mass is 228 g/mol. The summed E-state index contributed by atoms with van der Waals surface area (Å²) in [5, 5.41) is 0. The molecule has 0 unspecified atom stereocenters. The van der Waals surface area contributed by atoms with Crippen LogP contribution in [0, 0.1) is 0 Å². The summed E-state index contributed by atoms with van der Waals surface area (Å²) in [6, 6.07) is 10.3. The number of rotatable bonds is 3. The van der Waals surface area contributed by atoms with Crippen molar-refractivity contribution in [2.45, 2.75) is 0 Å². The van der Waals surface area contributed by atoms with Crippen LogP contribution < -0.4 is 10.5 Å². The highest BCUT2D eigenvalue weighted by Gasteiger charge is 2.11. The molecule has 0 fully saturated rings. The summed E-state index contributed by atoms with van der Waals surface area (Å²) in [7, 11) is 1.53. The summed E-state index contributed by atoms with van der Waals surface area (Å²) in [5.74, 6) is 0.334. The number of nitrogen functional groups attached to an aromatic ring is 1. The number of ether oxygens (including phenoxy) is 1. The maximum Gasteiger partial charge on any atom is 0.212 e. The van der Waals surface area contributed by atoms with E-state index in [0.29, 0.717) is 22.7 Å². The molecule has 4 heteroatoms. The minimum atomic E-state index is -0.141. The lowest BCUT2D eigenvalue weighted by molar-refractivity contribution is 0.103. The Balaban J connectivity index is 2.34. The number of nitrogens with zero attached hydrogens (tertiary/aromatic N) is 1. The third kappa shape index (κ3) is 2.25. The van der Waals surface area contributed by atoms with Gasteiger partial charge in [-0.15, -0.1) is 0 Å². The van der Waals surface area contributed by atoms with Crippen molar-refractivity contribution in [3.05, 3.63) is 53.7 Å². The zero-order valence-electron chi connectivity index (χ0n) is 9.38. The van der Waals surface area contributed by atoms with Crippen molar-refractivity contribution in [1.82, 2.24) is 4.98 Å². The lowest BCUT2D eigenvalue weighted by Crippen LogP contribution is -2.05. The second-order valence-corrected chi connectivity index (χ2v) is 3.51. The molecule has 0 aliphatic heterocycles. The van der Waals surface area contributed by atoms with E-state index in [2.05, 4.69) is 4.98 Å². The molecule has 2 rings (SSSR count).